The van der Waals surface area contributed by atoms with E-state index in [1.165, 1.54) is 93.5 Å². The number of fused-ring (bicyclic) bond motifs is 5. The SMILES string of the molecule is Cc1ccc2c(c1C(=O)O)OB(O)[C@@H](Sc1c(NC=O)cnn1C)C2.Cc1ccc2c(c1C(=O)O)OB(O)[C@@H](Sc1nc(NC=O)cs1)C2.Cc1ccc2c(c1C(=O)O)OB(O)[C@@H](Sc1ncc(CN)s1)C2.Cc1ccc2c(c1C(=O)O)OB(O)[C@@H](Sc1ncc(NC=O)s1)C2.Cc1ccc2c(c1C(=O)O)OB(O)[C@@H](Sc1nnc(C(F)(F)F)s1)C2. The standard InChI is InChI=1S/C15H16BN3O5S.2C14H13BN2O5S2.C14H15BN2O4S2.C13H10BF3N2O4S2/c1-8-3-4-9-5-11(16(23)24-13(9)12(8)15(21)22)25-14-10(17-7-20)6-18-19(14)2;1-7-2-3-8-4-9(15(21)22-12(8)11(7)13(19)20)24-14-17-10(5-23-14)16-6-18;1-7-2-3-8-4-9(15(21)22-12(8)11(7)13(19)20)23-14-16-5-10(24-14)17-6-18;1-7-2-3-8-4-10(23-14-17-6-9(5-16)22-14)15(20)21-12(8)11(7)13(18)19;1-5-2-3-6-4-7(14(22)23-9(6)8(5)10(20)21)24-12-19-18-11(25-12)13(15,16)17/h3-4,6-7,11,23H,5H2,1-2H3,(H,17,20)(H,21,22);2-3,5-6,9,21H,4H2,1H3,(H,16,18)(H,19,20);2-3,5-6,9,21H,4H2,1H3,(H,17,18)(H,19,20);2-3,6,10,20H,4-5,16H2,1H3,(H,18,19);2-3,7,22H,4H2,1H3,(H,20,21)/t11-;2*9-;10-;7-/m00000/s1. The smallest absolute Gasteiger partial charge is 0.535 e. The maximum absolute atomic E-state index is 12.6. The Morgan fingerprint density at radius 1 is 0.488 bits per heavy atom. The molecule has 0 fully saturated rings. The maximum atomic E-state index is 12.6. The number of carboxylic acids is 5. The van der Waals surface area contributed by atoms with Gasteiger partial charge in [-0.3, -0.25) is 19.1 Å². The maximum Gasteiger partial charge on any atom is 0.537 e. The van der Waals surface area contributed by atoms with E-state index in [0.717, 1.165) is 43.2 Å². The van der Waals surface area contributed by atoms with Gasteiger partial charge in [0.15, 0.2) is 13.0 Å². The molecule has 5 atom stereocenters. The lowest BCUT2D eigenvalue weighted by molar-refractivity contribution is -0.138. The molecule has 15 rings (SSSR count). The second-order valence-corrected chi connectivity index (χ2v) is 37.7. The topological polar surface area (TPSA) is 529 Å². The Bertz CT molecular complexity index is 5430. The monoisotopic (exact) mass is 1830 g/mol. The fourth-order valence-corrected chi connectivity index (χ4v) is 22.2. The van der Waals surface area contributed by atoms with E-state index >= 15 is 0 Å². The number of benzene rings is 5. The van der Waals surface area contributed by atoms with Crippen molar-refractivity contribution in [2.75, 3.05) is 16.0 Å². The van der Waals surface area contributed by atoms with Crippen molar-refractivity contribution in [3.05, 3.63) is 178 Å². The molecule has 3 amide bonds. The minimum atomic E-state index is -4.57. The van der Waals surface area contributed by atoms with Gasteiger partial charge in [0.25, 0.3) is 0 Å². The Hall–Kier alpha value is -9.86. The van der Waals surface area contributed by atoms with Gasteiger partial charge >= 0.3 is 71.6 Å². The van der Waals surface area contributed by atoms with Gasteiger partial charge in [-0.15, -0.1) is 44.6 Å². The van der Waals surface area contributed by atoms with Crippen molar-refractivity contribution in [2.24, 2.45) is 12.8 Å². The van der Waals surface area contributed by atoms with Crippen LogP contribution in [-0.2, 0) is 66.3 Å². The molecule has 0 saturated heterocycles. The summed E-state index contributed by atoms with van der Waals surface area (Å²) in [5.41, 5.74) is 12.8. The lowest BCUT2D eigenvalue weighted by Crippen LogP contribution is -2.41. The summed E-state index contributed by atoms with van der Waals surface area (Å²) < 4.78 is 69.0. The van der Waals surface area contributed by atoms with Crippen molar-refractivity contribution in [3.63, 3.8) is 0 Å². The van der Waals surface area contributed by atoms with E-state index in [2.05, 4.69) is 46.2 Å². The third-order valence-electron chi connectivity index (χ3n) is 18.3. The van der Waals surface area contributed by atoms with E-state index in [9.17, 15) is 102 Å². The van der Waals surface area contributed by atoms with Crippen LogP contribution in [0.2, 0.25) is 0 Å². The lowest BCUT2D eigenvalue weighted by Gasteiger charge is -2.28. The molecule has 630 valence electrons. The lowest BCUT2D eigenvalue weighted by atomic mass is 9.77. The molecule has 15 N–H and O–H groups in total. The fourth-order valence-electron chi connectivity index (χ4n) is 12.6. The predicted molar refractivity (Wildman–Crippen MR) is 452 cm³/mol. The zero-order valence-electron chi connectivity index (χ0n) is 63.6. The minimum Gasteiger partial charge on any atom is -0.535 e. The molecule has 34 nitrogen and oxygen atoms in total. The molecule has 10 aromatic rings. The molecule has 121 heavy (non-hydrogen) atoms. The van der Waals surface area contributed by atoms with Crippen LogP contribution in [0.15, 0.2) is 107 Å². The van der Waals surface area contributed by atoms with E-state index in [-0.39, 0.29) is 87.9 Å². The average molecular weight is 1830 g/mol. The van der Waals surface area contributed by atoms with Gasteiger partial charge in [-0.05, 0) is 122 Å². The molecular formula is C70H67B5F3N11O23S9. The molecule has 5 aliphatic heterocycles. The number of thiazole rings is 3. The van der Waals surface area contributed by atoms with E-state index in [1.54, 1.807) is 94.3 Å². The van der Waals surface area contributed by atoms with Gasteiger partial charge in [-0.2, -0.15) is 18.3 Å². The van der Waals surface area contributed by atoms with Gasteiger partial charge in [-0.1, -0.05) is 130 Å². The molecule has 5 aromatic carbocycles. The Morgan fingerprint density at radius 3 is 1.17 bits per heavy atom. The number of hydrogen-bond acceptors (Lipinski definition) is 34. The number of aromatic nitrogens is 7. The van der Waals surface area contributed by atoms with Crippen molar-refractivity contribution >= 4 is 205 Å². The second-order valence-electron chi connectivity index (χ2n) is 26.5. The number of thioether (sulfide) groups is 5. The second kappa shape index (κ2) is 40.4. The number of nitrogens with zero attached hydrogens (tertiary/aromatic N) is 7. The first-order valence-corrected chi connectivity index (χ1v) is 43.2. The molecule has 0 radical (unpaired) electrons. The first kappa shape index (κ1) is 91.9. The van der Waals surface area contributed by atoms with Crippen molar-refractivity contribution in [1.82, 2.24) is 34.9 Å². The quantitative estimate of drug-likeness (QED) is 0.0222. The highest BCUT2D eigenvalue weighted by molar-refractivity contribution is 8.04. The van der Waals surface area contributed by atoms with E-state index in [4.69, 9.17) is 29.0 Å². The highest BCUT2D eigenvalue weighted by atomic mass is 32.2. The van der Waals surface area contributed by atoms with E-state index in [1.807, 2.05) is 24.3 Å². The third-order valence-corrected chi connectivity index (χ3v) is 28.9. The number of hydrogen-bond donors (Lipinski definition) is 14. The summed E-state index contributed by atoms with van der Waals surface area (Å²) in [5, 5.41) is 116. The summed E-state index contributed by atoms with van der Waals surface area (Å²) in [6.07, 6.45) is 3.98. The number of carbonyl (C=O) groups is 8. The van der Waals surface area contributed by atoms with Crippen LogP contribution in [0.25, 0.3) is 0 Å². The number of carbonyl (C=O) groups excluding carboxylic acids is 3. The zero-order chi connectivity index (χ0) is 87.6. The summed E-state index contributed by atoms with van der Waals surface area (Å²) in [5.74, 6) is -3.98. The molecular weight excluding hydrogens is 1760 g/mol. The molecule has 0 unspecified atom stereocenters. The van der Waals surface area contributed by atoms with Gasteiger partial charge < -0.3 is 95.6 Å². The number of anilines is 3. The largest absolute Gasteiger partial charge is 0.537 e. The third kappa shape index (κ3) is 22.2. The summed E-state index contributed by atoms with van der Waals surface area (Å²) in [6.45, 7) is 8.83. The summed E-state index contributed by atoms with van der Waals surface area (Å²) in [7, 11) is -4.21. The van der Waals surface area contributed by atoms with Crippen LogP contribution in [0, 0.1) is 34.6 Å². The van der Waals surface area contributed by atoms with E-state index in [0.29, 0.717) is 126 Å². The molecule has 5 aromatic heterocycles. The number of rotatable bonds is 22. The summed E-state index contributed by atoms with van der Waals surface area (Å²) in [6, 6.07) is 17.6. The van der Waals surface area contributed by atoms with Crippen LogP contribution in [0.4, 0.5) is 29.7 Å². The number of carboxylic acid groups (broad SMARTS) is 5. The van der Waals surface area contributed by atoms with Gasteiger partial charge in [0, 0.05) is 30.0 Å². The zero-order valence-corrected chi connectivity index (χ0v) is 71.0. The molecule has 51 heteroatoms. The van der Waals surface area contributed by atoms with Gasteiger partial charge in [0.05, 0.1) is 43.8 Å². The van der Waals surface area contributed by atoms with Crippen molar-refractivity contribution in [2.45, 2.75) is 128 Å². The fraction of sp³-hybridized carbons (Fsp3) is 0.257. The predicted octanol–water partition coefficient (Wildman–Crippen LogP) is 9.18. The normalized spacial score (nSPS) is 16.5. The van der Waals surface area contributed by atoms with Gasteiger partial charge in [0.1, 0.15) is 76.7 Å². The number of aryl methyl sites for hydroxylation is 6. The first-order valence-electron chi connectivity index (χ1n) is 35.5. The Balaban J connectivity index is 0.000000148. The summed E-state index contributed by atoms with van der Waals surface area (Å²) >= 11 is 10.8. The Morgan fingerprint density at radius 2 is 0.835 bits per heavy atom. The highest BCUT2D eigenvalue weighted by Crippen LogP contribution is 2.46. The highest BCUT2D eigenvalue weighted by Gasteiger charge is 2.45. The van der Waals surface area contributed by atoms with Crippen LogP contribution in [0.3, 0.4) is 0 Å². The van der Waals surface area contributed by atoms with Crippen molar-refractivity contribution in [3.8, 4) is 28.7 Å². The number of halogens is 3. The van der Waals surface area contributed by atoms with E-state index < -0.39 is 81.8 Å². The number of nitrogens with two attached hydrogens (primary N) is 1. The molecule has 5 aliphatic rings. The van der Waals surface area contributed by atoms with Crippen molar-refractivity contribution in [1.29, 1.82) is 0 Å². The molecule has 0 bridgehead atoms. The Labute approximate surface area is 723 Å². The number of amides is 3. The molecule has 0 aliphatic carbocycles. The summed E-state index contributed by atoms with van der Waals surface area (Å²) in [4.78, 5) is 102. The van der Waals surface area contributed by atoms with Gasteiger partial charge in [0.2, 0.25) is 24.2 Å². The number of alkyl halides is 3. The Kier molecular flexibility index (Phi) is 30.7. The minimum absolute atomic E-state index is 0.0322. The van der Waals surface area contributed by atoms with Crippen LogP contribution in [0.1, 0.15) is 117 Å². The first-order chi connectivity index (χ1) is 57.6. The van der Waals surface area contributed by atoms with Crippen LogP contribution in [0.5, 0.6) is 28.7 Å². The molecule has 0 saturated carbocycles. The van der Waals surface area contributed by atoms with Gasteiger partial charge in [-0.25, -0.2) is 38.9 Å². The average Bonchev–Trinajstić information content (AvgIpc) is 1.47. The van der Waals surface area contributed by atoms with Crippen LogP contribution in [-0.4, -0.2) is 196 Å². The van der Waals surface area contributed by atoms with Crippen molar-refractivity contribution < 1.29 is 125 Å². The molecule has 10 heterocycles. The van der Waals surface area contributed by atoms with Crippen LogP contribution >= 0.6 is 104 Å². The number of nitrogens with one attached hydrogen (secondary N) is 3. The molecule has 0 spiro atoms. The number of aromatic carboxylic acids is 5. The van der Waals surface area contributed by atoms with Crippen LogP contribution < -0.4 is 45.0 Å².